The number of rotatable bonds is 5. The van der Waals surface area contributed by atoms with E-state index in [1.165, 1.54) is 4.31 Å². The number of nitrogens with zero attached hydrogens (tertiary/aromatic N) is 4. The molecule has 3 aliphatic rings. The number of piperidine rings is 1. The van der Waals surface area contributed by atoms with Crippen molar-refractivity contribution in [3.63, 3.8) is 0 Å². The number of aromatic nitrogens is 2. The fraction of sp³-hybridized carbons (Fsp3) is 0.700. The number of aliphatic hydroxyl groups excluding tert-OH is 1. The van der Waals surface area contributed by atoms with Crippen LogP contribution in [0.3, 0.4) is 0 Å². The highest BCUT2D eigenvalue weighted by Gasteiger charge is 2.33. The molecule has 0 bridgehead atoms. The molecular formula is C20H30N4O3S. The highest BCUT2D eigenvalue weighted by Crippen LogP contribution is 2.33. The molecule has 0 aromatic carbocycles. The van der Waals surface area contributed by atoms with Crippen LogP contribution in [0, 0.1) is 5.92 Å². The van der Waals surface area contributed by atoms with E-state index in [2.05, 4.69) is 34.1 Å². The van der Waals surface area contributed by atoms with E-state index in [0.717, 1.165) is 55.6 Å². The van der Waals surface area contributed by atoms with Crippen LogP contribution in [0.2, 0.25) is 0 Å². The average molecular weight is 407 g/mol. The van der Waals surface area contributed by atoms with E-state index in [1.807, 2.05) is 0 Å². The van der Waals surface area contributed by atoms with E-state index in [1.54, 1.807) is 6.33 Å². The van der Waals surface area contributed by atoms with Crippen LogP contribution in [0.25, 0.3) is 6.08 Å². The molecule has 1 aromatic heterocycles. The molecule has 0 radical (unpaired) electrons. The zero-order valence-corrected chi connectivity index (χ0v) is 17.3. The topological polar surface area (TPSA) is 86.6 Å². The first-order chi connectivity index (χ1) is 13.4. The number of anilines is 1. The SMILES string of the molecule is CN(c1ncnc2c1C=CC2)[C@H]1CC[C@H](CS(=O)(=O)N2CCC[C@@H](O)C2)CC1. The smallest absolute Gasteiger partial charge is 0.214 e. The summed E-state index contributed by atoms with van der Waals surface area (Å²) in [6.45, 7) is 0.802. The van der Waals surface area contributed by atoms with Crippen molar-refractivity contribution in [1.82, 2.24) is 14.3 Å². The van der Waals surface area contributed by atoms with Gasteiger partial charge in [0.15, 0.2) is 0 Å². The Morgan fingerprint density at radius 3 is 2.75 bits per heavy atom. The lowest BCUT2D eigenvalue weighted by Crippen LogP contribution is -2.45. The third-order valence-corrected chi connectivity index (χ3v) is 8.45. The summed E-state index contributed by atoms with van der Waals surface area (Å²) in [5, 5.41) is 9.79. The maximum atomic E-state index is 12.7. The number of allylic oxidation sites excluding steroid dienone is 1. The monoisotopic (exact) mass is 406 g/mol. The van der Waals surface area contributed by atoms with Crippen molar-refractivity contribution in [2.45, 2.75) is 57.1 Å². The number of fused-ring (bicyclic) bond motifs is 1. The van der Waals surface area contributed by atoms with Gasteiger partial charge in [-0.3, -0.25) is 0 Å². The zero-order chi connectivity index (χ0) is 19.7. The van der Waals surface area contributed by atoms with Crippen LogP contribution in [0.1, 0.15) is 49.8 Å². The number of hydrogen-bond acceptors (Lipinski definition) is 6. The van der Waals surface area contributed by atoms with Crippen LogP contribution in [-0.4, -0.2) is 65.8 Å². The quantitative estimate of drug-likeness (QED) is 0.803. The molecule has 154 valence electrons. The van der Waals surface area contributed by atoms with Crippen molar-refractivity contribution in [1.29, 1.82) is 0 Å². The Labute approximate surface area is 167 Å². The normalized spacial score (nSPS) is 28.3. The Balaban J connectivity index is 1.35. The highest BCUT2D eigenvalue weighted by molar-refractivity contribution is 7.89. The second kappa shape index (κ2) is 8.08. The Kier molecular flexibility index (Phi) is 5.71. The van der Waals surface area contributed by atoms with Crippen LogP contribution < -0.4 is 4.90 Å². The molecule has 0 spiro atoms. The van der Waals surface area contributed by atoms with Gasteiger partial charge in [0.1, 0.15) is 12.1 Å². The van der Waals surface area contributed by atoms with E-state index < -0.39 is 16.1 Å². The number of sulfonamides is 1. The second-order valence-electron chi connectivity index (χ2n) is 8.38. The molecule has 1 saturated carbocycles. The lowest BCUT2D eigenvalue weighted by Gasteiger charge is -2.37. The summed E-state index contributed by atoms with van der Waals surface area (Å²) in [7, 11) is -1.19. The molecular weight excluding hydrogens is 376 g/mol. The molecule has 2 heterocycles. The minimum absolute atomic E-state index is 0.199. The molecule has 0 amide bonds. The molecule has 1 aliphatic heterocycles. The zero-order valence-electron chi connectivity index (χ0n) is 16.5. The average Bonchev–Trinajstić information content (AvgIpc) is 3.17. The van der Waals surface area contributed by atoms with E-state index in [-0.39, 0.29) is 18.2 Å². The van der Waals surface area contributed by atoms with Crippen LogP contribution in [-0.2, 0) is 16.4 Å². The van der Waals surface area contributed by atoms with Gasteiger partial charge in [0.25, 0.3) is 0 Å². The van der Waals surface area contributed by atoms with Crippen LogP contribution in [0.4, 0.5) is 5.82 Å². The fourth-order valence-electron chi connectivity index (χ4n) is 4.77. The molecule has 1 aromatic rings. The molecule has 2 fully saturated rings. The van der Waals surface area contributed by atoms with Gasteiger partial charge in [0.05, 0.1) is 17.6 Å². The summed E-state index contributed by atoms with van der Waals surface area (Å²) in [6, 6.07) is 0.378. The number of aliphatic hydroxyl groups is 1. The van der Waals surface area contributed by atoms with Crippen molar-refractivity contribution in [2.75, 3.05) is 30.8 Å². The number of β-amino-alcohol motifs (C(OH)–C–C–N with tert-alkyl or cyclic N) is 1. The van der Waals surface area contributed by atoms with Gasteiger partial charge in [-0.25, -0.2) is 18.4 Å². The van der Waals surface area contributed by atoms with Gasteiger partial charge in [-0.1, -0.05) is 12.2 Å². The Hall–Kier alpha value is -1.51. The number of hydrogen-bond donors (Lipinski definition) is 1. The predicted octanol–water partition coefficient (Wildman–Crippen LogP) is 1.83. The largest absolute Gasteiger partial charge is 0.392 e. The lowest BCUT2D eigenvalue weighted by atomic mass is 9.86. The Morgan fingerprint density at radius 2 is 2.00 bits per heavy atom. The van der Waals surface area contributed by atoms with Crippen molar-refractivity contribution in [2.24, 2.45) is 5.92 Å². The molecule has 0 unspecified atom stereocenters. The minimum atomic E-state index is -3.28. The third kappa shape index (κ3) is 4.09. The molecule has 4 rings (SSSR count). The van der Waals surface area contributed by atoms with Gasteiger partial charge >= 0.3 is 0 Å². The lowest BCUT2D eigenvalue weighted by molar-refractivity contribution is 0.107. The first kappa shape index (κ1) is 19.8. The maximum Gasteiger partial charge on any atom is 0.214 e. The maximum absolute atomic E-state index is 12.7. The molecule has 8 heteroatoms. The van der Waals surface area contributed by atoms with Crippen molar-refractivity contribution in [3.8, 4) is 0 Å². The van der Waals surface area contributed by atoms with E-state index in [0.29, 0.717) is 19.0 Å². The van der Waals surface area contributed by atoms with Crippen LogP contribution in [0.5, 0.6) is 0 Å². The highest BCUT2D eigenvalue weighted by atomic mass is 32.2. The molecule has 1 N–H and O–H groups in total. The summed E-state index contributed by atoms with van der Waals surface area (Å²) in [5.41, 5.74) is 2.21. The van der Waals surface area contributed by atoms with Crippen LogP contribution >= 0.6 is 0 Å². The van der Waals surface area contributed by atoms with Crippen LogP contribution in [0.15, 0.2) is 12.4 Å². The summed E-state index contributed by atoms with van der Waals surface area (Å²) in [4.78, 5) is 11.1. The van der Waals surface area contributed by atoms with Gasteiger partial charge in [0, 0.05) is 38.2 Å². The Bertz CT molecular complexity index is 834. The fourth-order valence-corrected chi connectivity index (χ4v) is 6.72. The Morgan fingerprint density at radius 1 is 1.21 bits per heavy atom. The van der Waals surface area contributed by atoms with Gasteiger partial charge in [0.2, 0.25) is 10.0 Å². The molecule has 1 saturated heterocycles. The molecule has 2 aliphatic carbocycles. The van der Waals surface area contributed by atoms with E-state index in [9.17, 15) is 13.5 Å². The predicted molar refractivity (Wildman–Crippen MR) is 110 cm³/mol. The third-order valence-electron chi connectivity index (χ3n) is 6.44. The summed E-state index contributed by atoms with van der Waals surface area (Å²) in [5.74, 6) is 1.39. The van der Waals surface area contributed by atoms with Gasteiger partial charge < -0.3 is 10.0 Å². The van der Waals surface area contributed by atoms with Crippen molar-refractivity contribution >= 4 is 21.9 Å². The van der Waals surface area contributed by atoms with E-state index in [4.69, 9.17) is 0 Å². The first-order valence-corrected chi connectivity index (χ1v) is 11.9. The standard InChI is InChI=1S/C20H30N4O3S/c1-23(20-18-5-2-6-19(18)21-14-22-20)16-9-7-15(8-10-16)13-28(26,27)24-11-3-4-17(25)12-24/h2,5,14-17,25H,3-4,6-13H2,1H3/t15-,16-,17-/m1/s1. The summed E-state index contributed by atoms with van der Waals surface area (Å²) >= 11 is 0. The van der Waals surface area contributed by atoms with Crippen molar-refractivity contribution in [3.05, 3.63) is 23.7 Å². The van der Waals surface area contributed by atoms with Gasteiger partial charge in [-0.2, -0.15) is 4.31 Å². The summed E-state index contributed by atoms with van der Waals surface area (Å²) in [6.07, 6.45) is 11.4. The second-order valence-corrected chi connectivity index (χ2v) is 10.4. The molecule has 1 atom stereocenters. The van der Waals surface area contributed by atoms with Crippen molar-refractivity contribution < 1.29 is 13.5 Å². The molecule has 7 nitrogen and oxygen atoms in total. The first-order valence-electron chi connectivity index (χ1n) is 10.3. The minimum Gasteiger partial charge on any atom is -0.392 e. The summed E-state index contributed by atoms with van der Waals surface area (Å²) < 4.78 is 27.0. The van der Waals surface area contributed by atoms with Gasteiger partial charge in [-0.05, 0) is 44.4 Å². The van der Waals surface area contributed by atoms with Gasteiger partial charge in [-0.15, -0.1) is 0 Å². The van der Waals surface area contributed by atoms with E-state index >= 15 is 0 Å². The molecule has 28 heavy (non-hydrogen) atoms.